The second-order valence-electron chi connectivity index (χ2n) is 6.32. The van der Waals surface area contributed by atoms with Gasteiger partial charge in [0.15, 0.2) is 5.82 Å². The van der Waals surface area contributed by atoms with Crippen LogP contribution in [0.3, 0.4) is 0 Å². The van der Waals surface area contributed by atoms with Crippen molar-refractivity contribution < 1.29 is 4.79 Å². The summed E-state index contributed by atoms with van der Waals surface area (Å²) in [6.07, 6.45) is 4.97. The van der Waals surface area contributed by atoms with Gasteiger partial charge in [-0.3, -0.25) is 19.8 Å². The number of carbonyl (C=O) groups excluding carboxylic acids is 1. The molecule has 1 saturated heterocycles. The van der Waals surface area contributed by atoms with Crippen LogP contribution in [-0.2, 0) is 4.79 Å². The molecule has 0 spiro atoms. The zero-order valence-corrected chi connectivity index (χ0v) is 13.9. The van der Waals surface area contributed by atoms with Gasteiger partial charge in [0.1, 0.15) is 11.3 Å². The lowest BCUT2D eigenvalue weighted by atomic mass is 10.1. The van der Waals surface area contributed by atoms with Crippen molar-refractivity contribution in [3.05, 3.63) is 48.8 Å². The average molecular weight is 344 g/mol. The van der Waals surface area contributed by atoms with E-state index in [1.54, 1.807) is 17.3 Å². The molecule has 7 nitrogen and oxygen atoms in total. The summed E-state index contributed by atoms with van der Waals surface area (Å²) in [6.45, 7) is 0.732. The number of benzene rings is 1. The minimum Gasteiger partial charge on any atom is -0.337 e. The molecule has 128 valence electrons. The minimum atomic E-state index is 0.140. The molecule has 0 bridgehead atoms. The summed E-state index contributed by atoms with van der Waals surface area (Å²) in [5.74, 6) is 1.56. The summed E-state index contributed by atoms with van der Waals surface area (Å²) in [5, 5.41) is 12.6. The summed E-state index contributed by atoms with van der Waals surface area (Å²) in [4.78, 5) is 22.7. The SMILES string of the molecule is O=C1CCCN1c1nccc2cc(Nc3n[nH]c4cccnc34)ccc12. The third-order valence-electron chi connectivity index (χ3n) is 4.66. The Bertz CT molecular complexity index is 1140. The maximum absolute atomic E-state index is 12.1. The van der Waals surface area contributed by atoms with Gasteiger partial charge < -0.3 is 5.32 Å². The van der Waals surface area contributed by atoms with Gasteiger partial charge in [-0.2, -0.15) is 5.10 Å². The second-order valence-corrected chi connectivity index (χ2v) is 6.32. The molecular formula is C19H16N6O. The Morgan fingerprint density at radius 1 is 1.12 bits per heavy atom. The Balaban J connectivity index is 1.53. The van der Waals surface area contributed by atoms with Gasteiger partial charge in [0.2, 0.25) is 5.91 Å². The quantitative estimate of drug-likeness (QED) is 0.595. The van der Waals surface area contributed by atoms with Crippen LogP contribution in [0.1, 0.15) is 12.8 Å². The number of aromatic amines is 1. The molecule has 7 heteroatoms. The van der Waals surface area contributed by atoms with Crippen molar-refractivity contribution in [3.8, 4) is 0 Å². The molecule has 1 aromatic carbocycles. The molecule has 1 aliphatic heterocycles. The van der Waals surface area contributed by atoms with Crippen LogP contribution in [-0.4, -0.2) is 32.6 Å². The lowest BCUT2D eigenvalue weighted by Gasteiger charge is -2.17. The molecule has 0 radical (unpaired) electrons. The van der Waals surface area contributed by atoms with Gasteiger partial charge in [0.25, 0.3) is 0 Å². The summed E-state index contributed by atoms with van der Waals surface area (Å²) >= 11 is 0. The normalized spacial score (nSPS) is 14.5. The number of hydrogen-bond donors (Lipinski definition) is 2. The van der Waals surface area contributed by atoms with Gasteiger partial charge in [0, 0.05) is 36.4 Å². The topological polar surface area (TPSA) is 86.8 Å². The molecule has 4 aromatic rings. The maximum Gasteiger partial charge on any atom is 0.228 e. The number of nitrogens with one attached hydrogen (secondary N) is 2. The number of hydrogen-bond acceptors (Lipinski definition) is 5. The highest BCUT2D eigenvalue weighted by molar-refractivity contribution is 6.04. The van der Waals surface area contributed by atoms with Crippen molar-refractivity contribution in [2.45, 2.75) is 12.8 Å². The van der Waals surface area contributed by atoms with Crippen LogP contribution >= 0.6 is 0 Å². The summed E-state index contributed by atoms with van der Waals surface area (Å²) < 4.78 is 0. The molecule has 1 aliphatic rings. The van der Waals surface area contributed by atoms with E-state index in [9.17, 15) is 4.79 Å². The molecule has 0 unspecified atom stereocenters. The van der Waals surface area contributed by atoms with Crippen LogP contribution in [0, 0.1) is 0 Å². The summed E-state index contributed by atoms with van der Waals surface area (Å²) in [6, 6.07) is 11.8. The van der Waals surface area contributed by atoms with Gasteiger partial charge in [-0.1, -0.05) is 0 Å². The zero-order valence-electron chi connectivity index (χ0n) is 13.9. The molecule has 0 saturated carbocycles. The molecule has 0 atom stereocenters. The number of aromatic nitrogens is 4. The van der Waals surface area contributed by atoms with E-state index in [2.05, 4.69) is 25.5 Å². The predicted molar refractivity (Wildman–Crippen MR) is 101 cm³/mol. The first-order valence-corrected chi connectivity index (χ1v) is 8.55. The first-order chi connectivity index (χ1) is 12.8. The Labute approximate surface area is 149 Å². The highest BCUT2D eigenvalue weighted by Gasteiger charge is 2.24. The Morgan fingerprint density at radius 3 is 2.96 bits per heavy atom. The van der Waals surface area contributed by atoms with E-state index in [1.165, 1.54) is 0 Å². The molecular weight excluding hydrogens is 328 g/mol. The van der Waals surface area contributed by atoms with Crippen LogP contribution in [0.25, 0.3) is 21.8 Å². The highest BCUT2D eigenvalue weighted by Crippen LogP contribution is 2.31. The first-order valence-electron chi connectivity index (χ1n) is 8.55. The van der Waals surface area contributed by atoms with Crippen molar-refractivity contribution in [2.24, 2.45) is 0 Å². The maximum atomic E-state index is 12.1. The standard InChI is InChI=1S/C19H16N6O/c26-16-4-2-10-25(16)19-14-6-5-13(11-12(14)7-9-21-19)22-18-17-15(23-24-18)3-1-8-20-17/h1,3,5-9,11H,2,4,10H2,(H2,22,23,24). The van der Waals surface area contributed by atoms with Crippen LogP contribution in [0.4, 0.5) is 17.3 Å². The van der Waals surface area contributed by atoms with E-state index >= 15 is 0 Å². The number of pyridine rings is 2. The molecule has 1 amide bonds. The monoisotopic (exact) mass is 344 g/mol. The molecule has 5 rings (SSSR count). The number of fused-ring (bicyclic) bond motifs is 2. The number of rotatable bonds is 3. The first kappa shape index (κ1) is 14.8. The van der Waals surface area contributed by atoms with Crippen LogP contribution in [0.2, 0.25) is 0 Å². The fourth-order valence-electron chi connectivity index (χ4n) is 3.40. The van der Waals surface area contributed by atoms with E-state index < -0.39 is 0 Å². The van der Waals surface area contributed by atoms with Crippen molar-refractivity contribution in [3.63, 3.8) is 0 Å². The largest absolute Gasteiger partial charge is 0.337 e. The highest BCUT2D eigenvalue weighted by atomic mass is 16.2. The Hall–Kier alpha value is -3.48. The van der Waals surface area contributed by atoms with Gasteiger partial charge >= 0.3 is 0 Å². The Kier molecular flexibility index (Phi) is 3.31. The van der Waals surface area contributed by atoms with Crippen molar-refractivity contribution in [1.82, 2.24) is 20.2 Å². The van der Waals surface area contributed by atoms with E-state index in [0.29, 0.717) is 12.2 Å². The van der Waals surface area contributed by atoms with Crippen molar-refractivity contribution in [1.29, 1.82) is 0 Å². The molecule has 4 heterocycles. The smallest absolute Gasteiger partial charge is 0.228 e. The van der Waals surface area contributed by atoms with Gasteiger partial charge in [0.05, 0.1) is 5.52 Å². The third-order valence-corrected chi connectivity index (χ3v) is 4.66. The predicted octanol–water partition coefficient (Wildman–Crippen LogP) is 3.38. The van der Waals surface area contributed by atoms with Gasteiger partial charge in [-0.15, -0.1) is 0 Å². The molecule has 2 N–H and O–H groups in total. The van der Waals surface area contributed by atoms with Crippen LogP contribution in [0.5, 0.6) is 0 Å². The van der Waals surface area contributed by atoms with Crippen LogP contribution in [0.15, 0.2) is 48.8 Å². The van der Waals surface area contributed by atoms with E-state index in [-0.39, 0.29) is 5.91 Å². The van der Waals surface area contributed by atoms with Gasteiger partial charge in [-0.25, -0.2) is 4.98 Å². The number of nitrogens with zero attached hydrogens (tertiary/aromatic N) is 4. The second kappa shape index (κ2) is 5.80. The summed E-state index contributed by atoms with van der Waals surface area (Å²) in [5.41, 5.74) is 2.59. The zero-order chi connectivity index (χ0) is 17.5. The van der Waals surface area contributed by atoms with E-state index in [1.807, 2.05) is 36.4 Å². The number of anilines is 3. The van der Waals surface area contributed by atoms with Crippen molar-refractivity contribution in [2.75, 3.05) is 16.8 Å². The molecule has 3 aromatic heterocycles. The number of H-pyrrole nitrogens is 1. The minimum absolute atomic E-state index is 0.140. The lowest BCUT2D eigenvalue weighted by molar-refractivity contribution is -0.117. The lowest BCUT2D eigenvalue weighted by Crippen LogP contribution is -2.24. The fraction of sp³-hybridized carbons (Fsp3) is 0.158. The van der Waals surface area contributed by atoms with Gasteiger partial charge in [-0.05, 0) is 48.2 Å². The average Bonchev–Trinajstić information content (AvgIpc) is 3.28. The Morgan fingerprint density at radius 2 is 2.08 bits per heavy atom. The summed E-state index contributed by atoms with van der Waals surface area (Å²) in [7, 11) is 0. The van der Waals surface area contributed by atoms with Crippen LogP contribution < -0.4 is 10.2 Å². The number of carbonyl (C=O) groups is 1. The fourth-order valence-corrected chi connectivity index (χ4v) is 3.40. The molecule has 26 heavy (non-hydrogen) atoms. The molecule has 0 aliphatic carbocycles. The van der Waals surface area contributed by atoms with E-state index in [4.69, 9.17) is 0 Å². The van der Waals surface area contributed by atoms with Crippen molar-refractivity contribution >= 4 is 45.0 Å². The van der Waals surface area contributed by atoms with E-state index in [0.717, 1.165) is 46.3 Å². The number of amides is 1. The third kappa shape index (κ3) is 2.36. The molecule has 1 fully saturated rings.